The summed E-state index contributed by atoms with van der Waals surface area (Å²) in [7, 11) is 0. The van der Waals surface area contributed by atoms with Gasteiger partial charge >= 0.3 is 0 Å². The molecule has 18 heavy (non-hydrogen) atoms. The molecule has 0 fully saturated rings. The molecule has 0 saturated heterocycles. The second-order valence-electron chi connectivity index (χ2n) is 5.62. The number of amides is 1. The van der Waals surface area contributed by atoms with Crippen molar-refractivity contribution in [2.45, 2.75) is 45.8 Å². The zero-order chi connectivity index (χ0) is 14.1. The normalized spacial score (nSPS) is 12.4. The van der Waals surface area contributed by atoms with E-state index in [9.17, 15) is 9.90 Å². The summed E-state index contributed by atoms with van der Waals surface area (Å²) in [5, 5.41) is 13.2. The first kappa shape index (κ1) is 15.0. The fraction of sp³-hybridized carbons (Fsp3) is 0.500. The molecular formula is C14H20ClNO2. The standard InChI is InChI=1S/C14H20ClNO2/c1-9-6-7-10(11(15)8-9)12(17)16-13(2,3)14(4,5)18/h6-8,18H,1-5H3,(H,16,17). The summed E-state index contributed by atoms with van der Waals surface area (Å²) >= 11 is 6.04. The molecule has 0 heterocycles. The third kappa shape index (κ3) is 3.24. The molecule has 0 aliphatic carbocycles. The molecule has 0 unspecified atom stereocenters. The second-order valence-corrected chi connectivity index (χ2v) is 6.03. The number of benzene rings is 1. The Hall–Kier alpha value is -1.06. The summed E-state index contributed by atoms with van der Waals surface area (Å²) in [6, 6.07) is 5.26. The van der Waals surface area contributed by atoms with Crippen molar-refractivity contribution in [2.24, 2.45) is 0 Å². The van der Waals surface area contributed by atoms with Gasteiger partial charge in [0.1, 0.15) is 0 Å². The maximum Gasteiger partial charge on any atom is 0.253 e. The Morgan fingerprint density at radius 2 is 1.83 bits per heavy atom. The lowest BCUT2D eigenvalue weighted by Gasteiger charge is -2.38. The zero-order valence-electron chi connectivity index (χ0n) is 11.5. The molecule has 4 heteroatoms. The predicted molar refractivity (Wildman–Crippen MR) is 74.0 cm³/mol. The summed E-state index contributed by atoms with van der Waals surface area (Å²) in [6.07, 6.45) is 0. The number of hydrogen-bond donors (Lipinski definition) is 2. The van der Waals surface area contributed by atoms with Gasteiger partial charge in [-0.25, -0.2) is 0 Å². The van der Waals surface area contributed by atoms with E-state index in [0.717, 1.165) is 5.56 Å². The molecule has 100 valence electrons. The number of aryl methyl sites for hydroxylation is 1. The van der Waals surface area contributed by atoms with E-state index in [1.807, 2.05) is 13.0 Å². The first-order valence-corrected chi connectivity index (χ1v) is 6.23. The highest BCUT2D eigenvalue weighted by atomic mass is 35.5. The molecule has 0 aliphatic rings. The van der Waals surface area contributed by atoms with Gasteiger partial charge in [0.2, 0.25) is 0 Å². The summed E-state index contributed by atoms with van der Waals surface area (Å²) in [4.78, 5) is 12.1. The Balaban J connectivity index is 2.96. The van der Waals surface area contributed by atoms with E-state index in [1.54, 1.807) is 39.8 Å². The minimum atomic E-state index is -1.03. The first-order chi connectivity index (χ1) is 8.04. The van der Waals surface area contributed by atoms with E-state index >= 15 is 0 Å². The van der Waals surface area contributed by atoms with E-state index in [2.05, 4.69) is 5.32 Å². The van der Waals surface area contributed by atoms with Crippen molar-refractivity contribution in [3.63, 3.8) is 0 Å². The van der Waals surface area contributed by atoms with E-state index < -0.39 is 11.1 Å². The summed E-state index contributed by atoms with van der Waals surface area (Å²) < 4.78 is 0. The van der Waals surface area contributed by atoms with Crippen LogP contribution in [0.15, 0.2) is 18.2 Å². The van der Waals surface area contributed by atoms with Crippen LogP contribution in [0.5, 0.6) is 0 Å². The van der Waals surface area contributed by atoms with Crippen LogP contribution in [0.3, 0.4) is 0 Å². The van der Waals surface area contributed by atoms with Crippen molar-refractivity contribution in [3.8, 4) is 0 Å². The minimum absolute atomic E-state index is 0.285. The topological polar surface area (TPSA) is 49.3 Å². The molecule has 3 nitrogen and oxygen atoms in total. The molecule has 1 rings (SSSR count). The molecule has 2 N–H and O–H groups in total. The number of carbonyl (C=O) groups is 1. The lowest BCUT2D eigenvalue weighted by atomic mass is 9.85. The van der Waals surface area contributed by atoms with Gasteiger partial charge in [0.25, 0.3) is 5.91 Å². The Morgan fingerprint density at radius 3 is 2.28 bits per heavy atom. The van der Waals surface area contributed by atoms with Crippen LogP contribution in [-0.2, 0) is 0 Å². The molecule has 0 aliphatic heterocycles. The average Bonchev–Trinajstić information content (AvgIpc) is 2.14. The number of halogens is 1. The number of nitrogens with one attached hydrogen (secondary N) is 1. The Kier molecular flexibility index (Phi) is 4.08. The molecule has 0 bridgehead atoms. The lowest BCUT2D eigenvalue weighted by Crippen LogP contribution is -2.57. The second kappa shape index (κ2) is 4.90. The summed E-state index contributed by atoms with van der Waals surface area (Å²) in [5.41, 5.74) is -0.365. The average molecular weight is 270 g/mol. The maximum atomic E-state index is 12.1. The van der Waals surface area contributed by atoms with E-state index in [1.165, 1.54) is 0 Å². The van der Waals surface area contributed by atoms with Gasteiger partial charge in [-0.3, -0.25) is 4.79 Å². The molecule has 0 radical (unpaired) electrons. The fourth-order valence-corrected chi connectivity index (χ4v) is 1.63. The van der Waals surface area contributed by atoms with Crippen LogP contribution < -0.4 is 5.32 Å². The highest BCUT2D eigenvalue weighted by Gasteiger charge is 2.36. The first-order valence-electron chi connectivity index (χ1n) is 5.85. The number of rotatable bonds is 3. The highest BCUT2D eigenvalue weighted by Crippen LogP contribution is 2.23. The lowest BCUT2D eigenvalue weighted by molar-refractivity contribution is -0.00292. The van der Waals surface area contributed by atoms with E-state index in [0.29, 0.717) is 10.6 Å². The SMILES string of the molecule is Cc1ccc(C(=O)NC(C)(C)C(C)(C)O)c(Cl)c1. The van der Waals surface area contributed by atoms with Gasteiger partial charge < -0.3 is 10.4 Å². The third-order valence-electron chi connectivity index (χ3n) is 3.32. The maximum absolute atomic E-state index is 12.1. The van der Waals surface area contributed by atoms with Gasteiger partial charge in [-0.15, -0.1) is 0 Å². The van der Waals surface area contributed by atoms with Crippen LogP contribution in [0.2, 0.25) is 5.02 Å². The molecule has 0 atom stereocenters. The van der Waals surface area contributed by atoms with Crippen LogP contribution in [-0.4, -0.2) is 22.2 Å². The number of hydrogen-bond acceptors (Lipinski definition) is 2. The third-order valence-corrected chi connectivity index (χ3v) is 3.64. The van der Waals surface area contributed by atoms with Gasteiger partial charge in [0.05, 0.1) is 21.7 Å². The van der Waals surface area contributed by atoms with Gasteiger partial charge in [-0.05, 0) is 52.3 Å². The Labute approximate surface area is 113 Å². The van der Waals surface area contributed by atoms with Crippen molar-refractivity contribution in [3.05, 3.63) is 34.3 Å². The fourth-order valence-electron chi connectivity index (χ4n) is 1.31. The van der Waals surface area contributed by atoms with E-state index in [-0.39, 0.29) is 5.91 Å². The van der Waals surface area contributed by atoms with Crippen LogP contribution in [0.1, 0.15) is 43.6 Å². The Morgan fingerprint density at radius 1 is 1.28 bits per heavy atom. The minimum Gasteiger partial charge on any atom is -0.388 e. The van der Waals surface area contributed by atoms with Gasteiger partial charge in [-0.2, -0.15) is 0 Å². The molecule has 1 amide bonds. The molecule has 0 spiro atoms. The van der Waals surface area contributed by atoms with Crippen molar-refractivity contribution in [2.75, 3.05) is 0 Å². The monoisotopic (exact) mass is 269 g/mol. The van der Waals surface area contributed by atoms with Crippen molar-refractivity contribution < 1.29 is 9.90 Å². The zero-order valence-corrected chi connectivity index (χ0v) is 12.2. The molecule has 1 aromatic carbocycles. The van der Waals surface area contributed by atoms with Crippen LogP contribution >= 0.6 is 11.6 Å². The van der Waals surface area contributed by atoms with Crippen molar-refractivity contribution in [1.82, 2.24) is 5.32 Å². The van der Waals surface area contributed by atoms with Gasteiger partial charge in [-0.1, -0.05) is 17.7 Å². The van der Waals surface area contributed by atoms with Crippen molar-refractivity contribution in [1.29, 1.82) is 0 Å². The highest BCUT2D eigenvalue weighted by molar-refractivity contribution is 6.33. The largest absolute Gasteiger partial charge is 0.388 e. The van der Waals surface area contributed by atoms with E-state index in [4.69, 9.17) is 11.6 Å². The molecule has 0 aromatic heterocycles. The van der Waals surface area contributed by atoms with Crippen LogP contribution in [0.4, 0.5) is 0 Å². The van der Waals surface area contributed by atoms with Gasteiger partial charge in [0.15, 0.2) is 0 Å². The molecule has 0 saturated carbocycles. The quantitative estimate of drug-likeness (QED) is 0.886. The molecular weight excluding hydrogens is 250 g/mol. The van der Waals surface area contributed by atoms with Crippen molar-refractivity contribution >= 4 is 17.5 Å². The summed E-state index contributed by atoms with van der Waals surface area (Å²) in [5.74, 6) is -0.285. The number of aliphatic hydroxyl groups is 1. The summed E-state index contributed by atoms with van der Waals surface area (Å²) in [6.45, 7) is 8.77. The van der Waals surface area contributed by atoms with Crippen LogP contribution in [0.25, 0.3) is 0 Å². The smallest absolute Gasteiger partial charge is 0.253 e. The number of carbonyl (C=O) groups excluding carboxylic acids is 1. The Bertz CT molecular complexity index is 461. The molecule has 1 aromatic rings. The van der Waals surface area contributed by atoms with Crippen LogP contribution in [0, 0.1) is 6.92 Å². The predicted octanol–water partition coefficient (Wildman–Crippen LogP) is 2.93. The van der Waals surface area contributed by atoms with Gasteiger partial charge in [0, 0.05) is 0 Å².